The van der Waals surface area contributed by atoms with Crippen molar-refractivity contribution in [3.63, 3.8) is 0 Å². The first-order chi connectivity index (χ1) is 13.1. The first-order valence-corrected chi connectivity index (χ1v) is 9.67. The van der Waals surface area contributed by atoms with E-state index in [2.05, 4.69) is 15.5 Å². The lowest BCUT2D eigenvalue weighted by molar-refractivity contribution is 0.0362. The molecule has 0 bridgehead atoms. The number of nitrogens with one attached hydrogen (secondary N) is 1. The zero-order valence-corrected chi connectivity index (χ0v) is 15.8. The number of carbonyl (C=O) groups excluding carboxylic acids is 1. The molecule has 4 rings (SSSR count). The van der Waals surface area contributed by atoms with Crippen LogP contribution < -0.4 is 10.2 Å². The number of carbonyl (C=O) groups is 1. The van der Waals surface area contributed by atoms with Gasteiger partial charge in [-0.2, -0.15) is 0 Å². The van der Waals surface area contributed by atoms with Gasteiger partial charge in [-0.1, -0.05) is 41.7 Å². The van der Waals surface area contributed by atoms with Crippen molar-refractivity contribution in [3.05, 3.63) is 65.4 Å². The van der Waals surface area contributed by atoms with E-state index in [1.54, 1.807) is 16.1 Å². The van der Waals surface area contributed by atoms with Gasteiger partial charge in [-0.05, 0) is 24.1 Å². The summed E-state index contributed by atoms with van der Waals surface area (Å²) in [5, 5.41) is 23.1. The van der Waals surface area contributed by atoms with E-state index in [0.29, 0.717) is 25.2 Å². The number of benzene rings is 1. The van der Waals surface area contributed by atoms with Crippen LogP contribution in [0.2, 0.25) is 0 Å². The van der Waals surface area contributed by atoms with Gasteiger partial charge in [0, 0.05) is 26.3 Å². The van der Waals surface area contributed by atoms with Crippen molar-refractivity contribution in [1.29, 1.82) is 0 Å². The molecule has 1 fully saturated rings. The van der Waals surface area contributed by atoms with E-state index in [-0.39, 0.29) is 5.91 Å². The molecule has 1 aliphatic heterocycles. The number of aryl methyl sites for hydroxylation is 1. The van der Waals surface area contributed by atoms with E-state index < -0.39 is 11.6 Å². The van der Waals surface area contributed by atoms with Crippen molar-refractivity contribution < 1.29 is 9.90 Å². The monoisotopic (exact) mass is 383 g/mol. The quantitative estimate of drug-likeness (QED) is 0.718. The molecule has 1 saturated heterocycles. The molecule has 3 heterocycles. The summed E-state index contributed by atoms with van der Waals surface area (Å²) >= 11 is 1.44. The van der Waals surface area contributed by atoms with Gasteiger partial charge in [0.2, 0.25) is 5.13 Å². The van der Waals surface area contributed by atoms with Gasteiger partial charge in [0.05, 0.1) is 11.6 Å². The molecule has 3 aromatic rings. The Morgan fingerprint density at radius 3 is 2.74 bits per heavy atom. The zero-order valence-electron chi connectivity index (χ0n) is 14.9. The van der Waals surface area contributed by atoms with Crippen LogP contribution in [0.3, 0.4) is 0 Å². The van der Waals surface area contributed by atoms with E-state index in [1.807, 2.05) is 54.5 Å². The number of aliphatic hydroxyl groups excluding tert-OH is 1. The third kappa shape index (κ3) is 3.22. The minimum Gasteiger partial charge on any atom is -0.388 e. The molecule has 7 nitrogen and oxygen atoms in total. The van der Waals surface area contributed by atoms with Crippen LogP contribution in [0.5, 0.6) is 0 Å². The van der Waals surface area contributed by atoms with Gasteiger partial charge in [-0.3, -0.25) is 4.79 Å². The number of nitrogens with zero attached hydrogens (tertiary/aromatic N) is 4. The highest BCUT2D eigenvalue weighted by Gasteiger charge is 2.45. The summed E-state index contributed by atoms with van der Waals surface area (Å²) in [6, 6.07) is 13.3. The van der Waals surface area contributed by atoms with E-state index in [4.69, 9.17) is 0 Å². The first kappa shape index (κ1) is 17.7. The van der Waals surface area contributed by atoms with Crippen LogP contribution >= 0.6 is 11.3 Å². The molecule has 27 heavy (non-hydrogen) atoms. The average molecular weight is 383 g/mol. The van der Waals surface area contributed by atoms with Crippen molar-refractivity contribution in [2.24, 2.45) is 7.05 Å². The minimum absolute atomic E-state index is 0.199. The molecule has 2 atom stereocenters. The van der Waals surface area contributed by atoms with E-state index in [9.17, 15) is 9.90 Å². The Balaban J connectivity index is 1.66. The molecular weight excluding hydrogens is 362 g/mol. The number of aliphatic hydroxyl groups is 1. The predicted molar refractivity (Wildman–Crippen MR) is 104 cm³/mol. The second kappa shape index (κ2) is 7.13. The molecule has 2 aromatic heterocycles. The minimum atomic E-state index is -0.857. The summed E-state index contributed by atoms with van der Waals surface area (Å²) in [6.45, 7) is 1.03. The van der Waals surface area contributed by atoms with E-state index in [0.717, 1.165) is 10.7 Å². The fraction of sp³-hybridized carbons (Fsp3) is 0.316. The summed E-state index contributed by atoms with van der Waals surface area (Å²) in [7, 11) is 1.83. The lowest BCUT2D eigenvalue weighted by Crippen LogP contribution is -2.62. The van der Waals surface area contributed by atoms with Crippen LogP contribution in [-0.2, 0) is 12.6 Å². The maximum absolute atomic E-state index is 13.0. The maximum atomic E-state index is 13.0. The highest BCUT2D eigenvalue weighted by Crippen LogP contribution is 2.35. The predicted octanol–water partition coefficient (Wildman–Crippen LogP) is 1.77. The normalized spacial score (nSPS) is 22.6. The Morgan fingerprint density at radius 1 is 1.30 bits per heavy atom. The van der Waals surface area contributed by atoms with Gasteiger partial charge in [0.15, 0.2) is 0 Å². The SMILES string of the molecule is Cn1cccc1C(=O)N[C@]1(c2ccccc2)CCN(c2nncs2)C[C@H]1O. The molecule has 1 aliphatic rings. The third-order valence-corrected chi connectivity index (χ3v) is 5.91. The van der Waals surface area contributed by atoms with Gasteiger partial charge in [-0.15, -0.1) is 10.2 Å². The molecule has 0 unspecified atom stereocenters. The van der Waals surface area contributed by atoms with Gasteiger partial charge in [0.1, 0.15) is 11.2 Å². The second-order valence-corrected chi connectivity index (χ2v) is 7.54. The number of anilines is 1. The van der Waals surface area contributed by atoms with Crippen molar-refractivity contribution in [2.45, 2.75) is 18.1 Å². The smallest absolute Gasteiger partial charge is 0.268 e. The molecule has 140 valence electrons. The molecule has 0 aliphatic carbocycles. The topological polar surface area (TPSA) is 83.3 Å². The molecule has 1 amide bonds. The average Bonchev–Trinajstić information content (AvgIpc) is 3.36. The number of aromatic nitrogens is 3. The van der Waals surface area contributed by atoms with Crippen molar-refractivity contribution in [1.82, 2.24) is 20.1 Å². The van der Waals surface area contributed by atoms with Crippen LogP contribution in [0.1, 0.15) is 22.5 Å². The second-order valence-electron chi connectivity index (χ2n) is 6.73. The Kier molecular flexibility index (Phi) is 4.67. The van der Waals surface area contributed by atoms with Crippen LogP contribution in [0, 0.1) is 0 Å². The fourth-order valence-corrected chi connectivity index (χ4v) is 4.26. The van der Waals surface area contributed by atoms with Crippen molar-refractivity contribution in [3.8, 4) is 0 Å². The summed E-state index contributed by atoms with van der Waals surface area (Å²) in [5.41, 5.74) is 2.28. The number of rotatable bonds is 4. The number of β-amino-alcohol motifs (C(OH)–C–C–N with tert-alkyl or cyclic N) is 1. The summed E-state index contributed by atoms with van der Waals surface area (Å²) in [4.78, 5) is 15.0. The lowest BCUT2D eigenvalue weighted by atomic mass is 9.78. The Hall–Kier alpha value is -2.71. The Labute approximate surface area is 161 Å². The fourth-order valence-electron chi connectivity index (χ4n) is 3.67. The maximum Gasteiger partial charge on any atom is 0.268 e. The highest BCUT2D eigenvalue weighted by atomic mass is 32.1. The third-order valence-electron chi connectivity index (χ3n) is 5.16. The lowest BCUT2D eigenvalue weighted by Gasteiger charge is -2.46. The van der Waals surface area contributed by atoms with Crippen molar-refractivity contribution >= 4 is 22.4 Å². The van der Waals surface area contributed by atoms with Crippen molar-refractivity contribution in [2.75, 3.05) is 18.0 Å². The number of hydrogen-bond acceptors (Lipinski definition) is 6. The highest BCUT2D eigenvalue weighted by molar-refractivity contribution is 7.13. The molecule has 8 heteroatoms. The number of amides is 1. The van der Waals surface area contributed by atoms with Crippen LogP contribution in [0.25, 0.3) is 0 Å². The van der Waals surface area contributed by atoms with Gasteiger partial charge >= 0.3 is 0 Å². The molecular formula is C19H21N5O2S. The molecule has 0 saturated carbocycles. The summed E-state index contributed by atoms with van der Waals surface area (Å²) in [6.07, 6.45) is 1.61. The molecule has 0 spiro atoms. The van der Waals surface area contributed by atoms with E-state index in [1.165, 1.54) is 11.3 Å². The largest absolute Gasteiger partial charge is 0.388 e. The standard InChI is InChI=1S/C19H21N5O2S/c1-23-10-5-8-15(23)17(26)21-19(14-6-3-2-4-7-14)9-11-24(12-16(19)25)18-22-20-13-27-18/h2-8,10,13,16,25H,9,11-12H2,1H3,(H,21,26)/t16-,19+/m1/s1. The molecule has 1 aromatic carbocycles. The Morgan fingerprint density at radius 2 is 2.11 bits per heavy atom. The number of hydrogen-bond donors (Lipinski definition) is 2. The van der Waals surface area contributed by atoms with Crippen LogP contribution in [0.15, 0.2) is 54.2 Å². The summed E-state index contributed by atoms with van der Waals surface area (Å²) in [5.74, 6) is -0.199. The van der Waals surface area contributed by atoms with Gasteiger partial charge in [0.25, 0.3) is 5.91 Å². The molecule has 0 radical (unpaired) electrons. The zero-order chi connectivity index (χ0) is 18.9. The van der Waals surface area contributed by atoms with E-state index >= 15 is 0 Å². The summed E-state index contributed by atoms with van der Waals surface area (Å²) < 4.78 is 1.77. The van der Waals surface area contributed by atoms with Crippen LogP contribution in [0.4, 0.5) is 5.13 Å². The van der Waals surface area contributed by atoms with Gasteiger partial charge in [-0.25, -0.2) is 0 Å². The molecule has 2 N–H and O–H groups in total. The Bertz CT molecular complexity index is 911. The van der Waals surface area contributed by atoms with Crippen LogP contribution in [-0.4, -0.2) is 45.0 Å². The first-order valence-electron chi connectivity index (χ1n) is 8.79. The number of piperidine rings is 1. The van der Waals surface area contributed by atoms with Gasteiger partial charge < -0.3 is 19.9 Å².